The van der Waals surface area contributed by atoms with Gasteiger partial charge in [0.05, 0.1) is 16.7 Å². The molecule has 1 atom stereocenters. The maximum absolute atomic E-state index is 5.38. The number of fused-ring (bicyclic) bond motifs is 7. The molecule has 0 amide bonds. The smallest absolute Gasteiger partial charge is 0.159 e. The molecule has 12 rings (SSSR count). The Morgan fingerprint density at radius 3 is 1.65 bits per heavy atom. The molecule has 0 saturated heterocycles. The Balaban J connectivity index is 1.20. The highest BCUT2D eigenvalue weighted by Crippen LogP contribution is 2.48. The lowest BCUT2D eigenvalue weighted by atomic mass is 9.90. The van der Waals surface area contributed by atoms with Crippen molar-refractivity contribution >= 4 is 65.0 Å². The van der Waals surface area contributed by atoms with Gasteiger partial charge in [-0.1, -0.05) is 213 Å². The first-order chi connectivity index (χ1) is 33.6. The van der Waals surface area contributed by atoms with Crippen LogP contribution in [0.25, 0.3) is 92.2 Å². The molecule has 2 aromatic heterocycles. The van der Waals surface area contributed by atoms with Gasteiger partial charge in [-0.25, -0.2) is 9.98 Å². The van der Waals surface area contributed by atoms with E-state index in [0.717, 1.165) is 67.1 Å². The molecule has 9 aromatic carbocycles. The maximum Gasteiger partial charge on any atom is 0.159 e. The van der Waals surface area contributed by atoms with E-state index in [-0.39, 0.29) is 0 Å². The third-order valence-corrected chi connectivity index (χ3v) is 14.2. The lowest BCUT2D eigenvalue weighted by molar-refractivity contribution is 0.674. The van der Waals surface area contributed by atoms with Crippen LogP contribution < -0.4 is 5.32 Å². The number of hydrogen-bond donors (Lipinski definition) is 1. The molecule has 0 aliphatic carbocycles. The van der Waals surface area contributed by atoms with Crippen LogP contribution in [0.2, 0.25) is 0 Å². The fraction of sp³-hybridized carbons (Fsp3) is 0.0159. The molecule has 0 bridgehead atoms. The highest BCUT2D eigenvalue weighted by atomic mass is 32.1. The molecule has 322 valence electrons. The largest absolute Gasteiger partial charge is 0.344 e. The average molecular weight is 889 g/mol. The molecule has 11 aromatic rings. The van der Waals surface area contributed by atoms with E-state index in [9.17, 15) is 0 Å². The van der Waals surface area contributed by atoms with Crippen LogP contribution in [-0.4, -0.2) is 16.2 Å². The predicted molar refractivity (Wildman–Crippen MR) is 290 cm³/mol. The van der Waals surface area contributed by atoms with E-state index >= 15 is 0 Å². The third-order valence-electron chi connectivity index (χ3n) is 13.0. The van der Waals surface area contributed by atoms with Crippen LogP contribution in [0.1, 0.15) is 17.3 Å². The van der Waals surface area contributed by atoms with Crippen molar-refractivity contribution in [2.24, 2.45) is 9.98 Å². The normalized spacial score (nSPS) is 13.9. The highest BCUT2D eigenvalue weighted by Gasteiger charge is 2.28. The molecular weight excluding hydrogens is 845 g/mol. The zero-order chi connectivity index (χ0) is 45.6. The second kappa shape index (κ2) is 17.3. The van der Waals surface area contributed by atoms with E-state index in [2.05, 4.69) is 217 Å². The van der Waals surface area contributed by atoms with Crippen molar-refractivity contribution in [3.05, 3.63) is 260 Å². The minimum Gasteiger partial charge on any atom is -0.344 e. The second-order valence-corrected chi connectivity index (χ2v) is 18.1. The molecule has 68 heavy (non-hydrogen) atoms. The van der Waals surface area contributed by atoms with Crippen LogP contribution in [0, 0.1) is 0 Å². The van der Waals surface area contributed by atoms with Crippen molar-refractivity contribution in [2.45, 2.75) is 6.17 Å². The van der Waals surface area contributed by atoms with Crippen molar-refractivity contribution in [1.82, 2.24) is 9.88 Å². The van der Waals surface area contributed by atoms with Crippen molar-refractivity contribution in [3.63, 3.8) is 0 Å². The number of nitrogens with one attached hydrogen (secondary N) is 1. The maximum atomic E-state index is 5.38. The highest BCUT2D eigenvalue weighted by molar-refractivity contribution is 7.26. The molecule has 1 N–H and O–H groups in total. The summed E-state index contributed by atoms with van der Waals surface area (Å²) in [5.74, 6) is 1.32. The summed E-state index contributed by atoms with van der Waals surface area (Å²) in [4.78, 5) is 10.5. The zero-order valence-corrected chi connectivity index (χ0v) is 38.0. The fourth-order valence-corrected chi connectivity index (χ4v) is 10.9. The Labute approximate surface area is 399 Å². The molecule has 0 fully saturated rings. The van der Waals surface area contributed by atoms with Gasteiger partial charge in [-0.3, -0.25) is 0 Å². The lowest BCUT2D eigenvalue weighted by Gasteiger charge is -2.27. The second-order valence-electron chi connectivity index (χ2n) is 17.0. The number of aromatic nitrogens is 1. The standard InChI is InChI=1S/C63H44N4S/c1-3-18-41(4-2)61-64-62(48-23-12-7-13-24-48)66-63(65-61)49-39-53(46-33-29-44(30-34-46)42-19-8-5-9-20-42)59(54(40-49)47-35-31-45(32-36-47)43-21-10-6-11-22-43)67-55-27-16-14-25-50(55)51-37-38-57-58(60(51)67)52-26-15-17-28-56(52)68-57/h3-40,63H,1-2H2,(H,64,65,66)/b41-18+. The van der Waals surface area contributed by atoms with Crippen molar-refractivity contribution in [3.8, 4) is 50.2 Å². The van der Waals surface area contributed by atoms with Crippen LogP contribution in [0.4, 0.5) is 0 Å². The Bertz CT molecular complexity index is 3710. The Hall–Kier alpha value is -8.64. The quantitative estimate of drug-likeness (QED) is 0.137. The number of benzene rings is 9. The van der Waals surface area contributed by atoms with Crippen LogP contribution in [0.3, 0.4) is 0 Å². The van der Waals surface area contributed by atoms with E-state index in [1.807, 2.05) is 35.6 Å². The Kier molecular flexibility index (Phi) is 10.4. The van der Waals surface area contributed by atoms with Crippen molar-refractivity contribution in [2.75, 3.05) is 0 Å². The summed E-state index contributed by atoms with van der Waals surface area (Å²) in [6.07, 6.45) is 4.97. The molecule has 3 heterocycles. The van der Waals surface area contributed by atoms with E-state index in [1.54, 1.807) is 12.2 Å². The first kappa shape index (κ1) is 40.8. The van der Waals surface area contributed by atoms with Crippen molar-refractivity contribution < 1.29 is 0 Å². The van der Waals surface area contributed by atoms with Crippen LogP contribution in [0.15, 0.2) is 259 Å². The number of hydrogen-bond acceptors (Lipinski definition) is 4. The summed E-state index contributed by atoms with van der Waals surface area (Å²) in [6, 6.07) is 76.6. The molecule has 1 unspecified atom stereocenters. The number of thiophene rings is 1. The minimum atomic E-state index is -0.504. The van der Waals surface area contributed by atoms with Crippen LogP contribution in [-0.2, 0) is 0 Å². The molecule has 1 aliphatic heterocycles. The van der Waals surface area contributed by atoms with Gasteiger partial charge >= 0.3 is 0 Å². The van der Waals surface area contributed by atoms with Gasteiger partial charge in [0, 0.05) is 53.2 Å². The molecular formula is C63H44N4S. The Morgan fingerprint density at radius 2 is 1.04 bits per heavy atom. The summed E-state index contributed by atoms with van der Waals surface area (Å²) in [5, 5.41) is 8.72. The van der Waals surface area contributed by atoms with E-state index in [1.165, 1.54) is 47.6 Å². The number of rotatable bonds is 10. The molecule has 0 spiro atoms. The van der Waals surface area contributed by atoms with Gasteiger partial charge in [-0.15, -0.1) is 11.3 Å². The number of aliphatic imine (C=N–C) groups is 2. The SMILES string of the molecule is C=C/C=C(\C=C)C1=NC(c2cc(-c3ccc(-c4ccccc4)cc3)c(-n3c4ccccc4c4ccc5sc6ccccc6c5c43)c(-c3ccc(-c4ccccc4)cc3)c2)NC(c2ccccc2)=N1. The van der Waals surface area contributed by atoms with Crippen molar-refractivity contribution in [1.29, 1.82) is 0 Å². The van der Waals surface area contributed by atoms with Gasteiger partial charge in [-0.2, -0.15) is 0 Å². The molecule has 0 saturated carbocycles. The average Bonchev–Trinajstić information content (AvgIpc) is 3.96. The van der Waals surface area contributed by atoms with Gasteiger partial charge in [0.2, 0.25) is 0 Å². The summed E-state index contributed by atoms with van der Waals surface area (Å²) in [6.45, 7) is 8.16. The molecule has 0 radical (unpaired) electrons. The lowest BCUT2D eigenvalue weighted by Crippen LogP contribution is -2.33. The monoisotopic (exact) mass is 888 g/mol. The van der Waals surface area contributed by atoms with Gasteiger partial charge in [0.25, 0.3) is 0 Å². The van der Waals surface area contributed by atoms with Gasteiger partial charge in [0.1, 0.15) is 12.0 Å². The first-order valence-electron chi connectivity index (χ1n) is 22.9. The van der Waals surface area contributed by atoms with E-state index in [4.69, 9.17) is 9.98 Å². The first-order valence-corrected chi connectivity index (χ1v) is 23.7. The summed E-state index contributed by atoms with van der Waals surface area (Å²) in [5.41, 5.74) is 15.2. The minimum absolute atomic E-state index is 0.504. The predicted octanol–water partition coefficient (Wildman–Crippen LogP) is 16.6. The van der Waals surface area contributed by atoms with Gasteiger partial charge < -0.3 is 9.88 Å². The number of amidine groups is 2. The topological polar surface area (TPSA) is 41.7 Å². The number of para-hydroxylation sites is 1. The Morgan fingerprint density at radius 1 is 0.515 bits per heavy atom. The van der Waals surface area contributed by atoms with E-state index in [0.29, 0.717) is 5.84 Å². The zero-order valence-electron chi connectivity index (χ0n) is 37.2. The third kappa shape index (κ3) is 7.17. The number of allylic oxidation sites excluding steroid dienone is 2. The number of nitrogens with zero attached hydrogens (tertiary/aromatic N) is 3. The van der Waals surface area contributed by atoms with E-state index < -0.39 is 6.17 Å². The molecule has 5 heteroatoms. The van der Waals surface area contributed by atoms with Crippen LogP contribution in [0.5, 0.6) is 0 Å². The summed E-state index contributed by atoms with van der Waals surface area (Å²) < 4.78 is 5.08. The molecule has 1 aliphatic rings. The summed E-state index contributed by atoms with van der Waals surface area (Å²) >= 11 is 1.85. The van der Waals surface area contributed by atoms with Gasteiger partial charge in [0.15, 0.2) is 5.84 Å². The molecule has 4 nitrogen and oxygen atoms in total. The van der Waals surface area contributed by atoms with Crippen LogP contribution >= 0.6 is 11.3 Å². The van der Waals surface area contributed by atoms with Gasteiger partial charge in [-0.05, 0) is 69.3 Å². The fourth-order valence-electron chi connectivity index (χ4n) is 9.79. The summed E-state index contributed by atoms with van der Waals surface area (Å²) in [7, 11) is 0.